The molecule has 3 nitrogen and oxygen atoms in total. The Morgan fingerprint density at radius 1 is 1.04 bits per heavy atom. The van der Waals surface area contributed by atoms with E-state index in [0.29, 0.717) is 0 Å². The highest BCUT2D eigenvalue weighted by atomic mass is 16.3. The molecule has 0 fully saturated rings. The monoisotopic (exact) mass is 337 g/mol. The fourth-order valence-corrected chi connectivity index (χ4v) is 3.79. The maximum atomic E-state index is 10.2. The van der Waals surface area contributed by atoms with E-state index < -0.39 is 0 Å². The molecule has 0 saturated carbocycles. The fraction of sp³-hybridized carbons (Fsp3) is 0.857. The molecule has 1 aliphatic rings. The molecule has 3 heteroatoms. The summed E-state index contributed by atoms with van der Waals surface area (Å²) in [4.78, 5) is 4.65. The SMILES string of the molecule is CCC/C=C/CCCCCCCCCC1N=CC[N+]1(CC)C(C)O. The summed E-state index contributed by atoms with van der Waals surface area (Å²) >= 11 is 0. The maximum absolute atomic E-state index is 10.2. The van der Waals surface area contributed by atoms with Gasteiger partial charge in [-0.05, 0) is 32.6 Å². The number of rotatable bonds is 14. The Labute approximate surface area is 150 Å². The van der Waals surface area contributed by atoms with Crippen LogP contribution >= 0.6 is 0 Å². The zero-order valence-electron chi connectivity index (χ0n) is 16.4. The molecule has 3 atom stereocenters. The van der Waals surface area contributed by atoms with E-state index in [1.54, 1.807) is 0 Å². The van der Waals surface area contributed by atoms with Gasteiger partial charge in [-0.1, -0.05) is 57.6 Å². The minimum Gasteiger partial charge on any atom is -0.345 e. The first-order valence-corrected chi connectivity index (χ1v) is 10.4. The molecule has 3 unspecified atom stereocenters. The molecule has 0 aromatic heterocycles. The number of aliphatic imine (C=N–C) groups is 1. The largest absolute Gasteiger partial charge is 0.345 e. The number of allylic oxidation sites excluding steroid dienone is 2. The highest BCUT2D eigenvalue weighted by Gasteiger charge is 2.41. The standard InChI is InChI=1S/C21H41N2O/c1-4-6-7-8-9-10-11-12-13-14-15-16-17-21-22-18-19-23(21,5-2)20(3)24/h7-8,18,20-21,24H,4-6,9-17,19H2,1-3H3/q+1/b8-7+. The van der Waals surface area contributed by atoms with E-state index in [1.165, 1.54) is 64.2 Å². The van der Waals surface area contributed by atoms with Crippen LogP contribution in [-0.4, -0.2) is 41.3 Å². The minimum absolute atomic E-state index is 0.282. The van der Waals surface area contributed by atoms with E-state index in [-0.39, 0.29) is 12.4 Å². The molecule has 0 aliphatic carbocycles. The summed E-state index contributed by atoms with van der Waals surface area (Å²) in [7, 11) is 0. The molecule has 1 N–H and O–H groups in total. The number of quaternary nitrogens is 1. The molecule has 0 saturated heterocycles. The second-order valence-electron chi connectivity index (χ2n) is 7.36. The van der Waals surface area contributed by atoms with E-state index in [9.17, 15) is 5.11 Å². The van der Waals surface area contributed by atoms with Gasteiger partial charge in [-0.25, -0.2) is 4.99 Å². The lowest BCUT2D eigenvalue weighted by atomic mass is 10.1. The molecule has 1 heterocycles. The van der Waals surface area contributed by atoms with Crippen LogP contribution in [0, 0.1) is 0 Å². The number of hydrogen-bond donors (Lipinski definition) is 1. The van der Waals surface area contributed by atoms with Gasteiger partial charge >= 0.3 is 0 Å². The van der Waals surface area contributed by atoms with Gasteiger partial charge in [-0.2, -0.15) is 0 Å². The van der Waals surface area contributed by atoms with Gasteiger partial charge in [0.1, 0.15) is 6.54 Å². The van der Waals surface area contributed by atoms with Crippen LogP contribution in [0.3, 0.4) is 0 Å². The third-order valence-electron chi connectivity index (χ3n) is 5.58. The van der Waals surface area contributed by atoms with Crippen molar-refractivity contribution in [1.29, 1.82) is 0 Å². The van der Waals surface area contributed by atoms with Gasteiger partial charge in [0.25, 0.3) is 0 Å². The van der Waals surface area contributed by atoms with Crippen LogP contribution in [0.2, 0.25) is 0 Å². The molecule has 0 bridgehead atoms. The van der Waals surface area contributed by atoms with Crippen LogP contribution in [0.15, 0.2) is 17.1 Å². The summed E-state index contributed by atoms with van der Waals surface area (Å²) in [5.74, 6) is 0. The van der Waals surface area contributed by atoms with Crippen molar-refractivity contribution in [3.63, 3.8) is 0 Å². The van der Waals surface area contributed by atoms with Crippen molar-refractivity contribution in [2.45, 2.75) is 104 Å². The van der Waals surface area contributed by atoms with E-state index in [2.05, 4.69) is 31.0 Å². The zero-order chi connectivity index (χ0) is 17.7. The lowest BCUT2D eigenvalue weighted by Gasteiger charge is -2.40. The van der Waals surface area contributed by atoms with Crippen molar-refractivity contribution in [3.8, 4) is 0 Å². The average molecular weight is 338 g/mol. The molecular formula is C21H41N2O+. The van der Waals surface area contributed by atoms with Gasteiger partial charge in [-0.3, -0.25) is 4.48 Å². The van der Waals surface area contributed by atoms with Crippen molar-refractivity contribution in [2.24, 2.45) is 4.99 Å². The van der Waals surface area contributed by atoms with E-state index in [4.69, 9.17) is 0 Å². The Morgan fingerprint density at radius 2 is 1.67 bits per heavy atom. The summed E-state index contributed by atoms with van der Waals surface area (Å²) < 4.78 is 0.742. The molecule has 140 valence electrons. The van der Waals surface area contributed by atoms with Crippen LogP contribution < -0.4 is 0 Å². The number of aliphatic hydroxyl groups is 1. The van der Waals surface area contributed by atoms with E-state index in [0.717, 1.165) is 24.0 Å². The van der Waals surface area contributed by atoms with E-state index >= 15 is 0 Å². The molecule has 24 heavy (non-hydrogen) atoms. The van der Waals surface area contributed by atoms with Crippen LogP contribution in [0.5, 0.6) is 0 Å². The Hall–Kier alpha value is -0.670. The normalized spacial score (nSPS) is 24.9. The summed E-state index contributed by atoms with van der Waals surface area (Å²) in [5.41, 5.74) is 0. The van der Waals surface area contributed by atoms with E-state index in [1.807, 2.05) is 13.1 Å². The van der Waals surface area contributed by atoms with Gasteiger partial charge in [0.2, 0.25) is 0 Å². The predicted octanol–water partition coefficient (Wildman–Crippen LogP) is 5.44. The summed E-state index contributed by atoms with van der Waals surface area (Å²) in [5, 5.41) is 10.2. The van der Waals surface area contributed by atoms with Crippen molar-refractivity contribution < 1.29 is 9.59 Å². The lowest BCUT2D eigenvalue weighted by Crippen LogP contribution is -2.57. The van der Waals surface area contributed by atoms with Gasteiger partial charge in [-0.15, -0.1) is 0 Å². The third kappa shape index (κ3) is 7.06. The van der Waals surface area contributed by atoms with Crippen LogP contribution in [0.25, 0.3) is 0 Å². The van der Waals surface area contributed by atoms with Crippen LogP contribution in [0.4, 0.5) is 0 Å². The smallest absolute Gasteiger partial charge is 0.189 e. The van der Waals surface area contributed by atoms with Crippen molar-refractivity contribution >= 4 is 6.21 Å². The Bertz CT molecular complexity index is 365. The molecule has 0 spiro atoms. The number of unbranched alkanes of at least 4 members (excludes halogenated alkanes) is 8. The number of nitrogens with zero attached hydrogens (tertiary/aromatic N) is 2. The van der Waals surface area contributed by atoms with Gasteiger partial charge in [0.05, 0.1) is 12.8 Å². The van der Waals surface area contributed by atoms with Crippen LogP contribution in [0.1, 0.15) is 91.4 Å². The number of aliphatic hydroxyl groups excluding tert-OH is 1. The predicted molar refractivity (Wildman–Crippen MR) is 105 cm³/mol. The molecule has 0 aromatic rings. The Morgan fingerprint density at radius 3 is 2.29 bits per heavy atom. The maximum Gasteiger partial charge on any atom is 0.189 e. The first-order valence-electron chi connectivity index (χ1n) is 10.4. The Balaban J connectivity index is 2.01. The zero-order valence-corrected chi connectivity index (χ0v) is 16.4. The molecule has 0 aromatic carbocycles. The summed E-state index contributed by atoms with van der Waals surface area (Å²) in [6.07, 6.45) is 20.9. The fourth-order valence-electron chi connectivity index (χ4n) is 3.79. The molecule has 1 rings (SSSR count). The average Bonchev–Trinajstić information content (AvgIpc) is 3.00. The highest BCUT2D eigenvalue weighted by Crippen LogP contribution is 2.26. The van der Waals surface area contributed by atoms with Gasteiger partial charge in [0.15, 0.2) is 12.4 Å². The second kappa shape index (κ2) is 12.7. The number of hydrogen-bond acceptors (Lipinski definition) is 2. The summed E-state index contributed by atoms with van der Waals surface area (Å²) in [6, 6.07) is 0. The second-order valence-corrected chi connectivity index (χ2v) is 7.36. The minimum atomic E-state index is -0.311. The van der Waals surface area contributed by atoms with Crippen LogP contribution in [-0.2, 0) is 0 Å². The molecular weight excluding hydrogens is 296 g/mol. The van der Waals surface area contributed by atoms with Crippen molar-refractivity contribution in [2.75, 3.05) is 13.1 Å². The quantitative estimate of drug-likeness (QED) is 0.255. The van der Waals surface area contributed by atoms with Gasteiger partial charge in [0, 0.05) is 13.3 Å². The van der Waals surface area contributed by atoms with Crippen molar-refractivity contribution in [3.05, 3.63) is 12.2 Å². The Kier molecular flexibility index (Phi) is 11.3. The molecule has 0 radical (unpaired) electrons. The lowest BCUT2D eigenvalue weighted by molar-refractivity contribution is -0.976. The summed E-state index contributed by atoms with van der Waals surface area (Å²) in [6.45, 7) is 8.18. The van der Waals surface area contributed by atoms with Crippen molar-refractivity contribution in [1.82, 2.24) is 0 Å². The first kappa shape index (κ1) is 21.4. The molecule has 1 aliphatic heterocycles. The third-order valence-corrected chi connectivity index (χ3v) is 5.58. The topological polar surface area (TPSA) is 32.6 Å². The highest BCUT2D eigenvalue weighted by molar-refractivity contribution is 5.60. The molecule has 0 amide bonds. The first-order chi connectivity index (χ1) is 11.7. The van der Waals surface area contributed by atoms with Gasteiger partial charge < -0.3 is 5.11 Å².